The molecule has 142 valence electrons. The Labute approximate surface area is 162 Å². The van der Waals surface area contributed by atoms with Crippen molar-refractivity contribution in [3.63, 3.8) is 0 Å². The first-order chi connectivity index (χ1) is 13.6. The maximum absolute atomic E-state index is 12.0. The molecule has 2 aromatic heterocycles. The Morgan fingerprint density at radius 2 is 1.71 bits per heavy atom. The summed E-state index contributed by atoms with van der Waals surface area (Å²) in [6.07, 6.45) is 3.01. The zero-order valence-electron chi connectivity index (χ0n) is 15.7. The van der Waals surface area contributed by atoms with Gasteiger partial charge in [-0.25, -0.2) is 19.7 Å². The van der Waals surface area contributed by atoms with Crippen LogP contribution in [0, 0.1) is 6.92 Å². The molecular weight excluding hydrogens is 358 g/mol. The van der Waals surface area contributed by atoms with Crippen LogP contribution in [0.3, 0.4) is 0 Å². The van der Waals surface area contributed by atoms with Crippen molar-refractivity contribution in [3.05, 3.63) is 72.2 Å². The van der Waals surface area contributed by atoms with Crippen LogP contribution >= 0.6 is 0 Å². The minimum atomic E-state index is -0.448. The number of allylic oxidation sites excluding steroid dienone is 1. The quantitative estimate of drug-likeness (QED) is 0.467. The van der Waals surface area contributed by atoms with Gasteiger partial charge in [0.15, 0.2) is 0 Å². The number of carbonyl (C=O) groups is 1. The van der Waals surface area contributed by atoms with Crippen LogP contribution in [0.5, 0.6) is 23.4 Å². The number of aromatic nitrogens is 3. The third-order valence-corrected chi connectivity index (χ3v) is 3.77. The molecule has 3 rings (SSSR count). The fraction of sp³-hybridized carbons (Fsp3) is 0.143. The highest BCUT2D eigenvalue weighted by Crippen LogP contribution is 2.31. The lowest BCUT2D eigenvalue weighted by Crippen LogP contribution is -2.05. The lowest BCUT2D eigenvalue weighted by atomic mass is 10.0. The first-order valence-electron chi connectivity index (χ1n) is 8.56. The van der Waals surface area contributed by atoms with E-state index in [0.29, 0.717) is 28.6 Å². The lowest BCUT2D eigenvalue weighted by Gasteiger charge is -2.12. The Balaban J connectivity index is 1.86. The second kappa shape index (κ2) is 8.77. The maximum atomic E-state index is 12.0. The molecule has 0 aliphatic carbocycles. The van der Waals surface area contributed by atoms with Crippen molar-refractivity contribution in [1.29, 1.82) is 0 Å². The number of ether oxygens (including phenoxy) is 3. The molecule has 28 heavy (non-hydrogen) atoms. The summed E-state index contributed by atoms with van der Waals surface area (Å²) in [6.45, 7) is 3.63. The monoisotopic (exact) mass is 377 g/mol. The third kappa shape index (κ3) is 4.50. The summed E-state index contributed by atoms with van der Waals surface area (Å²) in [6, 6.07) is 14.1. The number of hydrogen-bond donors (Lipinski definition) is 0. The van der Waals surface area contributed by atoms with E-state index in [1.165, 1.54) is 13.4 Å². The molecule has 0 saturated carbocycles. The van der Waals surface area contributed by atoms with Crippen LogP contribution in [0.4, 0.5) is 0 Å². The molecule has 0 spiro atoms. The second-order valence-electron chi connectivity index (χ2n) is 5.71. The standard InChI is InChI=1S/C21H19N3O4/c1-4-15(21(25)26-3)16-9-5-6-10-17(16)27-19-12-20(23-13-22-19)28-18-11-7-8-14(2)24-18/h4-13H,1-3H3. The normalized spacial score (nSPS) is 11.0. The number of nitrogens with zero attached hydrogens (tertiary/aromatic N) is 3. The molecule has 7 heteroatoms. The van der Waals surface area contributed by atoms with E-state index in [1.807, 2.05) is 25.1 Å². The van der Waals surface area contributed by atoms with E-state index in [4.69, 9.17) is 14.2 Å². The number of carbonyl (C=O) groups excluding carboxylic acids is 1. The topological polar surface area (TPSA) is 83.4 Å². The van der Waals surface area contributed by atoms with E-state index in [1.54, 1.807) is 43.3 Å². The average molecular weight is 377 g/mol. The Kier molecular flexibility index (Phi) is 5.96. The van der Waals surface area contributed by atoms with Crippen molar-refractivity contribution in [3.8, 4) is 23.4 Å². The molecule has 0 N–H and O–H groups in total. The van der Waals surface area contributed by atoms with E-state index in [0.717, 1.165) is 5.69 Å². The first-order valence-corrected chi connectivity index (χ1v) is 8.56. The molecule has 0 aliphatic rings. The smallest absolute Gasteiger partial charge is 0.338 e. The molecule has 0 radical (unpaired) electrons. The highest BCUT2D eigenvalue weighted by Gasteiger charge is 2.17. The number of hydrogen-bond acceptors (Lipinski definition) is 7. The van der Waals surface area contributed by atoms with Gasteiger partial charge in [-0.1, -0.05) is 30.3 Å². The molecule has 0 saturated heterocycles. The summed E-state index contributed by atoms with van der Waals surface area (Å²) < 4.78 is 16.4. The van der Waals surface area contributed by atoms with Gasteiger partial charge in [0.05, 0.1) is 18.7 Å². The van der Waals surface area contributed by atoms with Crippen LogP contribution in [0.2, 0.25) is 0 Å². The van der Waals surface area contributed by atoms with E-state index >= 15 is 0 Å². The zero-order chi connectivity index (χ0) is 19.9. The Morgan fingerprint density at radius 1 is 0.964 bits per heavy atom. The van der Waals surface area contributed by atoms with Gasteiger partial charge in [-0.3, -0.25) is 0 Å². The number of para-hydroxylation sites is 1. The first kappa shape index (κ1) is 19.0. The fourth-order valence-electron chi connectivity index (χ4n) is 2.50. The predicted octanol–water partition coefficient (Wildman–Crippen LogP) is 4.34. The van der Waals surface area contributed by atoms with Crippen LogP contribution < -0.4 is 9.47 Å². The molecular formula is C21H19N3O4. The fourth-order valence-corrected chi connectivity index (χ4v) is 2.50. The van der Waals surface area contributed by atoms with Gasteiger partial charge < -0.3 is 14.2 Å². The van der Waals surface area contributed by atoms with Crippen LogP contribution in [0.25, 0.3) is 5.57 Å². The Hall–Kier alpha value is -3.74. The molecule has 1 aromatic carbocycles. The van der Waals surface area contributed by atoms with Crippen molar-refractivity contribution in [1.82, 2.24) is 15.0 Å². The maximum Gasteiger partial charge on any atom is 0.338 e. The van der Waals surface area contributed by atoms with Crippen molar-refractivity contribution in [2.24, 2.45) is 0 Å². The summed E-state index contributed by atoms with van der Waals surface area (Å²) in [7, 11) is 1.34. The van der Waals surface area contributed by atoms with Gasteiger partial charge >= 0.3 is 5.97 Å². The average Bonchev–Trinajstić information content (AvgIpc) is 2.70. The van der Waals surface area contributed by atoms with Crippen molar-refractivity contribution in [2.45, 2.75) is 13.8 Å². The van der Waals surface area contributed by atoms with Crippen molar-refractivity contribution in [2.75, 3.05) is 7.11 Å². The largest absolute Gasteiger partial charge is 0.465 e. The minimum Gasteiger partial charge on any atom is -0.465 e. The van der Waals surface area contributed by atoms with E-state index in [-0.39, 0.29) is 5.88 Å². The van der Waals surface area contributed by atoms with Gasteiger partial charge in [0.25, 0.3) is 0 Å². The third-order valence-electron chi connectivity index (χ3n) is 3.77. The SMILES string of the molecule is CC=C(C(=O)OC)c1ccccc1Oc1cc(Oc2cccc(C)n2)ncn1. The number of benzene rings is 1. The molecule has 3 aromatic rings. The molecule has 0 atom stereocenters. The number of aryl methyl sites for hydroxylation is 1. The summed E-state index contributed by atoms with van der Waals surface area (Å²) in [5.74, 6) is 0.993. The van der Waals surface area contributed by atoms with Crippen LogP contribution in [-0.2, 0) is 9.53 Å². The van der Waals surface area contributed by atoms with E-state index in [9.17, 15) is 4.79 Å². The summed E-state index contributed by atoms with van der Waals surface area (Å²) in [5.41, 5.74) is 1.82. The summed E-state index contributed by atoms with van der Waals surface area (Å²) in [5, 5.41) is 0. The predicted molar refractivity (Wildman–Crippen MR) is 103 cm³/mol. The van der Waals surface area contributed by atoms with Gasteiger partial charge in [-0.05, 0) is 26.0 Å². The molecule has 0 fully saturated rings. The van der Waals surface area contributed by atoms with Crippen LogP contribution in [0.1, 0.15) is 18.2 Å². The van der Waals surface area contributed by atoms with Gasteiger partial charge in [0, 0.05) is 17.3 Å². The Bertz CT molecular complexity index is 1020. The van der Waals surface area contributed by atoms with Gasteiger partial charge in [0.1, 0.15) is 12.1 Å². The van der Waals surface area contributed by atoms with Crippen molar-refractivity contribution < 1.29 is 19.0 Å². The number of esters is 1. The lowest BCUT2D eigenvalue weighted by molar-refractivity contribution is -0.133. The highest BCUT2D eigenvalue weighted by molar-refractivity contribution is 6.17. The number of rotatable bonds is 6. The summed E-state index contributed by atoms with van der Waals surface area (Å²) >= 11 is 0. The molecule has 0 bridgehead atoms. The van der Waals surface area contributed by atoms with E-state index in [2.05, 4.69) is 15.0 Å². The molecule has 0 aliphatic heterocycles. The summed E-state index contributed by atoms with van der Waals surface area (Å²) in [4.78, 5) is 24.5. The van der Waals surface area contributed by atoms with Crippen LogP contribution in [-0.4, -0.2) is 28.0 Å². The second-order valence-corrected chi connectivity index (χ2v) is 5.71. The van der Waals surface area contributed by atoms with Crippen molar-refractivity contribution >= 4 is 11.5 Å². The van der Waals surface area contributed by atoms with E-state index < -0.39 is 5.97 Å². The number of methoxy groups -OCH3 is 1. The van der Waals surface area contributed by atoms with Crippen LogP contribution in [0.15, 0.2) is 60.9 Å². The molecule has 0 amide bonds. The van der Waals surface area contributed by atoms with Gasteiger partial charge in [0.2, 0.25) is 17.6 Å². The molecule has 7 nitrogen and oxygen atoms in total. The highest BCUT2D eigenvalue weighted by atomic mass is 16.5. The zero-order valence-corrected chi connectivity index (χ0v) is 15.7. The molecule has 2 heterocycles. The van der Waals surface area contributed by atoms with Gasteiger partial charge in [-0.15, -0.1) is 0 Å². The number of pyridine rings is 1. The Morgan fingerprint density at radius 3 is 2.43 bits per heavy atom. The minimum absolute atomic E-state index is 0.269. The molecule has 0 unspecified atom stereocenters. The van der Waals surface area contributed by atoms with Gasteiger partial charge in [-0.2, -0.15) is 0 Å².